The van der Waals surface area contributed by atoms with Gasteiger partial charge < -0.3 is 20.8 Å². The van der Waals surface area contributed by atoms with E-state index in [4.69, 9.17) is 5.73 Å². The van der Waals surface area contributed by atoms with E-state index in [0.29, 0.717) is 22.2 Å². The Bertz CT molecular complexity index is 673. The van der Waals surface area contributed by atoms with Crippen LogP contribution in [0.15, 0.2) is 28.2 Å². The van der Waals surface area contributed by atoms with Gasteiger partial charge in [0.05, 0.1) is 36.1 Å². The molecule has 0 aromatic carbocycles. The van der Waals surface area contributed by atoms with Crippen molar-refractivity contribution in [2.45, 2.75) is 30.6 Å². The monoisotopic (exact) mass is 322 g/mol. The number of nitrogens with two attached hydrogens (primary N) is 1. The Kier molecular flexibility index (Phi) is 3.53. The molecule has 0 bridgehead atoms. The number of carboxylic acids is 1. The molecule has 0 unspecified atom stereocenters. The molecule has 1 amide bonds. The fraction of sp³-hybridized carbons (Fsp3) is 0.385. The van der Waals surface area contributed by atoms with Crippen molar-refractivity contribution in [2.24, 2.45) is 5.92 Å². The second-order valence-electron chi connectivity index (χ2n) is 5.22. The molecule has 3 heterocycles. The summed E-state index contributed by atoms with van der Waals surface area (Å²) in [5.74, 6) is -2.08. The number of hydrogen-bond acceptors (Lipinski definition) is 7. The summed E-state index contributed by atoms with van der Waals surface area (Å²) in [6.07, 6.45) is 2.44. The van der Waals surface area contributed by atoms with Gasteiger partial charge in [-0.3, -0.25) is 4.79 Å². The quantitative estimate of drug-likeness (QED) is 0.524. The highest BCUT2D eigenvalue weighted by molar-refractivity contribution is 8.03. The van der Waals surface area contributed by atoms with Crippen LogP contribution in [0.3, 0.4) is 0 Å². The van der Waals surface area contributed by atoms with E-state index < -0.39 is 18.0 Å². The number of carboxylic acid groups (broad SMARTS) is 1. The van der Waals surface area contributed by atoms with Gasteiger partial charge in [-0.2, -0.15) is 0 Å². The maximum Gasteiger partial charge on any atom is 0.353 e. The van der Waals surface area contributed by atoms with Crippen molar-refractivity contribution in [3.63, 3.8) is 0 Å². The van der Waals surface area contributed by atoms with Gasteiger partial charge in [0.25, 0.3) is 0 Å². The number of amides is 1. The minimum Gasteiger partial charge on any atom is -0.477 e. The van der Waals surface area contributed by atoms with E-state index in [9.17, 15) is 19.8 Å². The third-order valence-electron chi connectivity index (χ3n) is 3.75. The Morgan fingerprint density at radius 1 is 1.50 bits per heavy atom. The SMILES string of the molecule is C[C@H](O)[C@@H]1C(=O)N2C(C(=O)O)=C(Sc3ncc(N)cn3)C[C@H]12. The molecule has 8 nitrogen and oxygen atoms in total. The summed E-state index contributed by atoms with van der Waals surface area (Å²) in [6, 6.07) is -0.310. The largest absolute Gasteiger partial charge is 0.477 e. The number of β-lactam (4-membered cyclic amide) rings is 1. The molecule has 22 heavy (non-hydrogen) atoms. The number of rotatable bonds is 4. The maximum atomic E-state index is 12.1. The molecule has 4 N–H and O–H groups in total. The standard InChI is InChI=1S/C13H14N4O4S/c1-5(18)9-7-2-8(10(12(20)21)17(7)11(9)19)22-13-15-3-6(14)4-16-13/h3-5,7,9,18H,2,14H2,1H3,(H,20,21)/t5-,7+,9-/m0/s1. The molecule has 1 aromatic rings. The number of nitrogen functional groups attached to an aromatic ring is 1. The number of thioether (sulfide) groups is 1. The molecule has 0 saturated carbocycles. The number of aliphatic hydroxyl groups excluding tert-OH is 1. The molecule has 3 atom stereocenters. The lowest BCUT2D eigenvalue weighted by molar-refractivity contribution is -0.161. The van der Waals surface area contributed by atoms with Crippen molar-refractivity contribution < 1.29 is 19.8 Å². The second-order valence-corrected chi connectivity index (χ2v) is 6.29. The normalized spacial score (nSPS) is 25.0. The Morgan fingerprint density at radius 2 is 2.14 bits per heavy atom. The number of hydrogen-bond donors (Lipinski definition) is 3. The third-order valence-corrected chi connectivity index (χ3v) is 4.75. The zero-order chi connectivity index (χ0) is 16.0. The van der Waals surface area contributed by atoms with Crippen LogP contribution < -0.4 is 5.73 Å². The molecule has 2 aliphatic heterocycles. The Hall–Kier alpha value is -2.13. The molecule has 2 aliphatic rings. The van der Waals surface area contributed by atoms with Gasteiger partial charge in [-0.15, -0.1) is 0 Å². The van der Waals surface area contributed by atoms with Gasteiger partial charge in [-0.05, 0) is 6.92 Å². The van der Waals surface area contributed by atoms with Gasteiger partial charge in [0.15, 0.2) is 5.16 Å². The predicted molar refractivity (Wildman–Crippen MR) is 77.4 cm³/mol. The number of anilines is 1. The summed E-state index contributed by atoms with van der Waals surface area (Å²) >= 11 is 1.11. The van der Waals surface area contributed by atoms with Crippen LogP contribution in [-0.4, -0.2) is 49.1 Å². The third kappa shape index (κ3) is 2.22. The molecular formula is C13H14N4O4S. The van der Waals surface area contributed by atoms with Gasteiger partial charge in [0.2, 0.25) is 5.91 Å². The van der Waals surface area contributed by atoms with Crippen LogP contribution in [0, 0.1) is 5.92 Å². The van der Waals surface area contributed by atoms with E-state index in [2.05, 4.69) is 9.97 Å². The van der Waals surface area contributed by atoms with Crippen molar-refractivity contribution >= 4 is 29.3 Å². The number of nitrogens with zero attached hydrogens (tertiary/aromatic N) is 3. The van der Waals surface area contributed by atoms with Gasteiger partial charge in [0, 0.05) is 11.3 Å². The van der Waals surface area contributed by atoms with Crippen LogP contribution in [-0.2, 0) is 9.59 Å². The molecule has 1 fully saturated rings. The van der Waals surface area contributed by atoms with E-state index >= 15 is 0 Å². The van der Waals surface area contributed by atoms with Crippen LogP contribution >= 0.6 is 11.8 Å². The smallest absolute Gasteiger partial charge is 0.353 e. The lowest BCUT2D eigenvalue weighted by atomic mass is 9.83. The molecule has 0 spiro atoms. The first kappa shape index (κ1) is 14.8. The van der Waals surface area contributed by atoms with Crippen molar-refractivity contribution in [1.82, 2.24) is 14.9 Å². The average molecular weight is 322 g/mol. The lowest BCUT2D eigenvalue weighted by Crippen LogP contribution is -2.61. The minimum atomic E-state index is -1.17. The minimum absolute atomic E-state index is 0.0441. The molecule has 0 radical (unpaired) electrons. The molecule has 116 valence electrons. The number of carbonyl (C=O) groups excluding carboxylic acids is 1. The van der Waals surface area contributed by atoms with Gasteiger partial charge >= 0.3 is 5.97 Å². The molecule has 1 aromatic heterocycles. The van der Waals surface area contributed by atoms with Crippen molar-refractivity contribution in [2.75, 3.05) is 5.73 Å². The average Bonchev–Trinajstić information content (AvgIpc) is 2.75. The van der Waals surface area contributed by atoms with E-state index in [1.54, 1.807) is 0 Å². The fourth-order valence-electron chi connectivity index (χ4n) is 2.81. The highest BCUT2D eigenvalue weighted by Gasteiger charge is 2.56. The summed E-state index contributed by atoms with van der Waals surface area (Å²) in [7, 11) is 0. The first-order valence-electron chi connectivity index (χ1n) is 6.63. The fourth-order valence-corrected chi connectivity index (χ4v) is 3.78. The number of aromatic nitrogens is 2. The van der Waals surface area contributed by atoms with Crippen molar-refractivity contribution in [3.8, 4) is 0 Å². The van der Waals surface area contributed by atoms with Crippen LogP contribution in [0.4, 0.5) is 5.69 Å². The van der Waals surface area contributed by atoms with E-state index in [0.717, 1.165) is 11.8 Å². The van der Waals surface area contributed by atoms with Crippen LogP contribution in [0.5, 0.6) is 0 Å². The zero-order valence-corrected chi connectivity index (χ0v) is 12.4. The van der Waals surface area contributed by atoms with Crippen molar-refractivity contribution in [1.29, 1.82) is 0 Å². The van der Waals surface area contributed by atoms with E-state index in [-0.39, 0.29) is 17.6 Å². The summed E-state index contributed by atoms with van der Waals surface area (Å²) in [6.45, 7) is 1.54. The van der Waals surface area contributed by atoms with Crippen LogP contribution in [0.2, 0.25) is 0 Å². The zero-order valence-electron chi connectivity index (χ0n) is 11.6. The number of fused-ring (bicyclic) bond motifs is 1. The highest BCUT2D eigenvalue weighted by Crippen LogP contribution is 2.48. The number of carbonyl (C=O) groups is 2. The number of aliphatic hydroxyl groups is 1. The summed E-state index contributed by atoms with van der Waals surface area (Å²) in [5, 5.41) is 19.4. The molecule has 0 aliphatic carbocycles. The highest BCUT2D eigenvalue weighted by atomic mass is 32.2. The van der Waals surface area contributed by atoms with Crippen LogP contribution in [0.25, 0.3) is 0 Å². The Balaban J connectivity index is 1.88. The van der Waals surface area contributed by atoms with Crippen LogP contribution in [0.1, 0.15) is 13.3 Å². The topological polar surface area (TPSA) is 130 Å². The maximum absolute atomic E-state index is 12.1. The van der Waals surface area contributed by atoms with E-state index in [1.165, 1.54) is 24.2 Å². The lowest BCUT2D eigenvalue weighted by Gasteiger charge is -2.44. The summed E-state index contributed by atoms with van der Waals surface area (Å²) < 4.78 is 0. The molecular weight excluding hydrogens is 308 g/mol. The summed E-state index contributed by atoms with van der Waals surface area (Å²) in [5.41, 5.74) is 5.88. The predicted octanol–water partition coefficient (Wildman–Crippen LogP) is 0.0586. The first-order chi connectivity index (χ1) is 10.4. The van der Waals surface area contributed by atoms with Gasteiger partial charge in [-0.25, -0.2) is 14.8 Å². The Labute approximate surface area is 130 Å². The van der Waals surface area contributed by atoms with E-state index in [1.807, 2.05) is 0 Å². The Morgan fingerprint density at radius 3 is 2.68 bits per heavy atom. The van der Waals surface area contributed by atoms with Crippen molar-refractivity contribution in [3.05, 3.63) is 23.0 Å². The molecule has 1 saturated heterocycles. The van der Waals surface area contributed by atoms with Gasteiger partial charge in [0.1, 0.15) is 5.70 Å². The second kappa shape index (κ2) is 5.25. The molecule has 3 rings (SSSR count). The molecule has 9 heteroatoms. The number of aliphatic carboxylic acids is 1. The first-order valence-corrected chi connectivity index (χ1v) is 7.44. The summed E-state index contributed by atoms with van der Waals surface area (Å²) in [4.78, 5) is 33.3. The van der Waals surface area contributed by atoms with Gasteiger partial charge in [-0.1, -0.05) is 11.8 Å².